The molecule has 0 spiro atoms. The van der Waals surface area contributed by atoms with Gasteiger partial charge in [-0.25, -0.2) is 0 Å². The van der Waals surface area contributed by atoms with Gasteiger partial charge < -0.3 is 20.2 Å². The highest BCUT2D eigenvalue weighted by molar-refractivity contribution is 6.39. The summed E-state index contributed by atoms with van der Waals surface area (Å²) in [4.78, 5) is 23.6. The Balaban J connectivity index is 1.90. The molecule has 1 aromatic heterocycles. The smallest absolute Gasteiger partial charge is 0.313 e. The van der Waals surface area contributed by atoms with Crippen molar-refractivity contribution >= 4 is 17.5 Å². The van der Waals surface area contributed by atoms with Crippen molar-refractivity contribution in [2.75, 3.05) is 11.9 Å². The molecule has 0 bridgehead atoms. The maximum absolute atomic E-state index is 11.8. The number of carbonyl (C=O) groups excluding carboxylic acids is 2. The molecule has 6 nitrogen and oxygen atoms in total. The van der Waals surface area contributed by atoms with E-state index in [0.29, 0.717) is 11.4 Å². The van der Waals surface area contributed by atoms with E-state index in [4.69, 9.17) is 4.42 Å². The minimum absolute atomic E-state index is 0.138. The predicted molar refractivity (Wildman–Crippen MR) is 81.1 cm³/mol. The Morgan fingerprint density at radius 1 is 1.23 bits per heavy atom. The van der Waals surface area contributed by atoms with Crippen LogP contribution in [0.5, 0.6) is 0 Å². The number of carbonyl (C=O) groups is 2. The van der Waals surface area contributed by atoms with Crippen LogP contribution in [0.4, 0.5) is 5.69 Å². The summed E-state index contributed by atoms with van der Waals surface area (Å²) < 4.78 is 5.10. The molecule has 0 radical (unpaired) electrons. The van der Waals surface area contributed by atoms with E-state index in [9.17, 15) is 14.7 Å². The second-order valence-corrected chi connectivity index (χ2v) is 5.26. The summed E-state index contributed by atoms with van der Waals surface area (Å²) in [6.45, 7) is 3.24. The summed E-state index contributed by atoms with van der Waals surface area (Å²) in [5.41, 5.74) is 0.125. The lowest BCUT2D eigenvalue weighted by Crippen LogP contribution is -2.43. The van der Waals surface area contributed by atoms with Gasteiger partial charge in [-0.2, -0.15) is 0 Å². The lowest BCUT2D eigenvalue weighted by atomic mass is 10.0. The molecule has 1 heterocycles. The molecule has 0 fully saturated rings. The van der Waals surface area contributed by atoms with E-state index in [1.807, 2.05) is 13.0 Å². The fourth-order valence-electron chi connectivity index (χ4n) is 1.92. The molecule has 2 amide bonds. The normalized spacial score (nSPS) is 13.2. The van der Waals surface area contributed by atoms with Crippen LogP contribution in [0.1, 0.15) is 18.2 Å². The zero-order chi connectivity index (χ0) is 16.2. The molecule has 116 valence electrons. The SMILES string of the molecule is Cc1cccc(NC(=O)C(=O)NCC(C)(O)c2ccco2)c1. The molecule has 0 aliphatic carbocycles. The lowest BCUT2D eigenvalue weighted by molar-refractivity contribution is -0.136. The minimum atomic E-state index is -1.39. The van der Waals surface area contributed by atoms with E-state index < -0.39 is 17.4 Å². The van der Waals surface area contributed by atoms with Crippen molar-refractivity contribution in [1.82, 2.24) is 5.32 Å². The fraction of sp³-hybridized carbons (Fsp3) is 0.250. The number of rotatable bonds is 4. The van der Waals surface area contributed by atoms with E-state index in [0.717, 1.165) is 5.56 Å². The van der Waals surface area contributed by atoms with Crippen molar-refractivity contribution in [3.05, 3.63) is 54.0 Å². The molecule has 1 unspecified atom stereocenters. The van der Waals surface area contributed by atoms with E-state index in [-0.39, 0.29) is 6.54 Å². The van der Waals surface area contributed by atoms with Gasteiger partial charge in [-0.3, -0.25) is 9.59 Å². The van der Waals surface area contributed by atoms with Crippen LogP contribution in [0, 0.1) is 6.92 Å². The first-order valence-electron chi connectivity index (χ1n) is 6.81. The number of nitrogens with one attached hydrogen (secondary N) is 2. The standard InChI is InChI=1S/C16H18N2O4/c1-11-5-3-6-12(9-11)18-15(20)14(19)17-10-16(2,21)13-7-4-8-22-13/h3-9,21H,10H2,1-2H3,(H,17,19)(H,18,20). The monoisotopic (exact) mass is 302 g/mol. The van der Waals surface area contributed by atoms with Gasteiger partial charge >= 0.3 is 11.8 Å². The van der Waals surface area contributed by atoms with Crippen molar-refractivity contribution in [1.29, 1.82) is 0 Å². The zero-order valence-electron chi connectivity index (χ0n) is 12.4. The molecule has 1 aromatic carbocycles. The van der Waals surface area contributed by atoms with Crippen LogP contribution in [0.15, 0.2) is 47.1 Å². The highest BCUT2D eigenvalue weighted by Gasteiger charge is 2.28. The summed E-state index contributed by atoms with van der Waals surface area (Å²) >= 11 is 0. The summed E-state index contributed by atoms with van der Waals surface area (Å²) in [5, 5.41) is 15.1. The van der Waals surface area contributed by atoms with E-state index >= 15 is 0 Å². The molecule has 0 saturated heterocycles. The van der Waals surface area contributed by atoms with Crippen LogP contribution < -0.4 is 10.6 Å². The quantitative estimate of drug-likeness (QED) is 0.747. The summed E-state index contributed by atoms with van der Waals surface area (Å²) in [7, 11) is 0. The molecule has 2 rings (SSSR count). The molecule has 3 N–H and O–H groups in total. The van der Waals surface area contributed by atoms with Crippen molar-refractivity contribution < 1.29 is 19.1 Å². The maximum Gasteiger partial charge on any atom is 0.313 e. The zero-order valence-corrected chi connectivity index (χ0v) is 12.4. The van der Waals surface area contributed by atoms with E-state index in [1.54, 1.807) is 30.3 Å². The Morgan fingerprint density at radius 3 is 2.64 bits per heavy atom. The maximum atomic E-state index is 11.8. The number of aliphatic hydroxyl groups is 1. The van der Waals surface area contributed by atoms with Crippen LogP contribution in [0.3, 0.4) is 0 Å². The van der Waals surface area contributed by atoms with Gasteiger partial charge in [-0.05, 0) is 43.7 Å². The molecule has 2 aromatic rings. The number of anilines is 1. The highest BCUT2D eigenvalue weighted by atomic mass is 16.4. The first-order valence-corrected chi connectivity index (χ1v) is 6.81. The van der Waals surface area contributed by atoms with Crippen molar-refractivity contribution in [3.8, 4) is 0 Å². The number of benzene rings is 1. The minimum Gasteiger partial charge on any atom is -0.466 e. The molecule has 22 heavy (non-hydrogen) atoms. The van der Waals surface area contributed by atoms with Crippen LogP contribution in [-0.4, -0.2) is 23.5 Å². The largest absolute Gasteiger partial charge is 0.466 e. The lowest BCUT2D eigenvalue weighted by Gasteiger charge is -2.20. The van der Waals surface area contributed by atoms with Crippen LogP contribution >= 0.6 is 0 Å². The molecule has 0 aliphatic heterocycles. The van der Waals surface area contributed by atoms with Gasteiger partial charge in [0, 0.05) is 5.69 Å². The van der Waals surface area contributed by atoms with Gasteiger partial charge in [0.25, 0.3) is 0 Å². The Labute approximate surface area is 128 Å². The Kier molecular flexibility index (Phi) is 4.62. The second-order valence-electron chi connectivity index (χ2n) is 5.26. The Bertz CT molecular complexity index is 663. The number of amides is 2. The van der Waals surface area contributed by atoms with E-state index in [1.165, 1.54) is 13.2 Å². The Hall–Kier alpha value is -2.60. The van der Waals surface area contributed by atoms with Gasteiger partial charge in [0.2, 0.25) is 0 Å². The summed E-state index contributed by atoms with van der Waals surface area (Å²) in [6.07, 6.45) is 1.43. The third-order valence-corrected chi connectivity index (χ3v) is 3.13. The molecular weight excluding hydrogens is 284 g/mol. The third-order valence-electron chi connectivity index (χ3n) is 3.13. The van der Waals surface area contributed by atoms with Crippen LogP contribution in [0.25, 0.3) is 0 Å². The predicted octanol–water partition coefficient (Wildman–Crippen LogP) is 1.55. The highest BCUT2D eigenvalue weighted by Crippen LogP contribution is 2.19. The van der Waals surface area contributed by atoms with Crippen molar-refractivity contribution in [3.63, 3.8) is 0 Å². The first-order chi connectivity index (χ1) is 10.4. The molecule has 0 saturated carbocycles. The summed E-state index contributed by atoms with van der Waals surface area (Å²) in [6, 6.07) is 10.3. The molecule has 0 aliphatic rings. The van der Waals surface area contributed by atoms with Crippen molar-refractivity contribution in [2.24, 2.45) is 0 Å². The van der Waals surface area contributed by atoms with Gasteiger partial charge in [-0.15, -0.1) is 0 Å². The van der Waals surface area contributed by atoms with Crippen LogP contribution in [0.2, 0.25) is 0 Å². The topological polar surface area (TPSA) is 91.6 Å². The van der Waals surface area contributed by atoms with Gasteiger partial charge in [0.15, 0.2) is 0 Å². The van der Waals surface area contributed by atoms with Gasteiger partial charge in [0.1, 0.15) is 11.4 Å². The molecular formula is C16H18N2O4. The van der Waals surface area contributed by atoms with Crippen LogP contribution in [-0.2, 0) is 15.2 Å². The molecule has 1 atom stereocenters. The number of hydrogen-bond donors (Lipinski definition) is 3. The second kappa shape index (κ2) is 6.44. The van der Waals surface area contributed by atoms with Gasteiger partial charge in [-0.1, -0.05) is 12.1 Å². The summed E-state index contributed by atoms with van der Waals surface area (Å²) in [5.74, 6) is -1.30. The first kappa shape index (κ1) is 15.8. The third kappa shape index (κ3) is 3.95. The number of hydrogen-bond acceptors (Lipinski definition) is 4. The van der Waals surface area contributed by atoms with E-state index in [2.05, 4.69) is 10.6 Å². The van der Waals surface area contributed by atoms with Crippen molar-refractivity contribution in [2.45, 2.75) is 19.4 Å². The average Bonchev–Trinajstić information content (AvgIpc) is 3.00. The average molecular weight is 302 g/mol. The number of furan rings is 1. The fourth-order valence-corrected chi connectivity index (χ4v) is 1.92. The Morgan fingerprint density at radius 2 is 2.00 bits per heavy atom. The van der Waals surface area contributed by atoms with Gasteiger partial charge in [0.05, 0.1) is 12.8 Å². The number of aryl methyl sites for hydroxylation is 1. The molecule has 6 heteroatoms.